The normalized spacial score (nSPS) is 37.8. The zero-order valence-corrected chi connectivity index (χ0v) is 10.8. The standard InChI is InChI=1S/C13H23NO2/c1-12(2,3)8-14-11(15)9-5-6-13(4)10(7-9)16-13/h9-10H,5-8H2,1-4H3,(H,14,15). The first-order valence-electron chi connectivity index (χ1n) is 6.26. The average Bonchev–Trinajstić information content (AvgIpc) is 2.83. The Bertz CT molecular complexity index is 295. The molecule has 0 aromatic heterocycles. The number of nitrogens with one attached hydrogen (secondary N) is 1. The Morgan fingerprint density at radius 1 is 1.50 bits per heavy atom. The number of epoxide rings is 1. The third-order valence-corrected chi connectivity index (χ3v) is 3.69. The lowest BCUT2D eigenvalue weighted by atomic mass is 9.82. The van der Waals surface area contributed by atoms with E-state index in [0.29, 0.717) is 6.10 Å². The van der Waals surface area contributed by atoms with Crippen LogP contribution in [-0.4, -0.2) is 24.2 Å². The number of rotatable bonds is 2. The summed E-state index contributed by atoms with van der Waals surface area (Å²) in [6, 6.07) is 0. The summed E-state index contributed by atoms with van der Waals surface area (Å²) < 4.78 is 5.61. The lowest BCUT2D eigenvalue weighted by Gasteiger charge is -2.24. The van der Waals surface area contributed by atoms with Gasteiger partial charge in [0.05, 0.1) is 11.7 Å². The number of hydrogen-bond acceptors (Lipinski definition) is 2. The van der Waals surface area contributed by atoms with E-state index < -0.39 is 0 Å². The highest BCUT2D eigenvalue weighted by Crippen LogP contribution is 2.49. The van der Waals surface area contributed by atoms with Crippen LogP contribution in [0.2, 0.25) is 0 Å². The molecule has 1 saturated heterocycles. The zero-order valence-electron chi connectivity index (χ0n) is 10.8. The van der Waals surface area contributed by atoms with Gasteiger partial charge in [-0.25, -0.2) is 0 Å². The van der Waals surface area contributed by atoms with Crippen molar-refractivity contribution in [1.82, 2.24) is 5.32 Å². The van der Waals surface area contributed by atoms with Gasteiger partial charge in [-0.1, -0.05) is 20.8 Å². The number of hydrogen-bond donors (Lipinski definition) is 1. The average molecular weight is 225 g/mol. The molecular formula is C13H23NO2. The Morgan fingerprint density at radius 3 is 2.75 bits per heavy atom. The fourth-order valence-electron chi connectivity index (χ4n) is 2.38. The second kappa shape index (κ2) is 3.73. The molecule has 0 aromatic rings. The molecule has 1 N–H and O–H groups in total. The third kappa shape index (κ3) is 2.57. The molecule has 1 aliphatic carbocycles. The summed E-state index contributed by atoms with van der Waals surface area (Å²) in [6.45, 7) is 9.31. The topological polar surface area (TPSA) is 41.6 Å². The van der Waals surface area contributed by atoms with E-state index in [1.807, 2.05) is 0 Å². The van der Waals surface area contributed by atoms with Gasteiger partial charge in [0.15, 0.2) is 0 Å². The lowest BCUT2D eigenvalue weighted by molar-refractivity contribution is -0.126. The molecule has 0 bridgehead atoms. The van der Waals surface area contributed by atoms with Gasteiger partial charge in [0.1, 0.15) is 0 Å². The second-order valence-electron chi connectivity index (χ2n) is 6.67. The van der Waals surface area contributed by atoms with E-state index in [9.17, 15) is 4.79 Å². The largest absolute Gasteiger partial charge is 0.366 e. The van der Waals surface area contributed by atoms with Gasteiger partial charge >= 0.3 is 0 Å². The summed E-state index contributed by atoms with van der Waals surface area (Å²) in [6.07, 6.45) is 3.26. The number of fused-ring (bicyclic) bond motifs is 1. The van der Waals surface area contributed by atoms with Crippen LogP contribution in [0.15, 0.2) is 0 Å². The molecule has 1 amide bonds. The molecule has 1 saturated carbocycles. The zero-order chi connectivity index (χ0) is 12.0. The minimum atomic E-state index is 0.112. The van der Waals surface area contributed by atoms with Crippen molar-refractivity contribution < 1.29 is 9.53 Å². The highest BCUT2D eigenvalue weighted by Gasteiger charge is 2.56. The minimum Gasteiger partial charge on any atom is -0.366 e. The molecule has 2 fully saturated rings. The van der Waals surface area contributed by atoms with Crippen LogP contribution >= 0.6 is 0 Å². The highest BCUT2D eigenvalue weighted by molar-refractivity contribution is 5.79. The Kier molecular flexibility index (Phi) is 2.77. The molecular weight excluding hydrogens is 202 g/mol. The summed E-state index contributed by atoms with van der Waals surface area (Å²) in [5, 5.41) is 3.05. The van der Waals surface area contributed by atoms with Gasteiger partial charge in [-0.05, 0) is 31.6 Å². The molecule has 0 radical (unpaired) electrons. The van der Waals surface area contributed by atoms with Crippen molar-refractivity contribution in [1.29, 1.82) is 0 Å². The van der Waals surface area contributed by atoms with E-state index in [4.69, 9.17) is 4.74 Å². The summed E-state index contributed by atoms with van der Waals surface area (Å²) in [4.78, 5) is 11.9. The summed E-state index contributed by atoms with van der Waals surface area (Å²) in [5.41, 5.74) is 0.274. The Balaban J connectivity index is 1.78. The molecule has 1 aliphatic heterocycles. The summed E-state index contributed by atoms with van der Waals surface area (Å²) >= 11 is 0. The fourth-order valence-corrected chi connectivity index (χ4v) is 2.38. The van der Waals surface area contributed by atoms with Gasteiger partial charge in [-0.2, -0.15) is 0 Å². The van der Waals surface area contributed by atoms with Crippen LogP contribution in [0.5, 0.6) is 0 Å². The maximum atomic E-state index is 11.9. The van der Waals surface area contributed by atoms with Crippen LogP contribution in [0.4, 0.5) is 0 Å². The molecule has 0 spiro atoms. The molecule has 16 heavy (non-hydrogen) atoms. The van der Waals surface area contributed by atoms with Gasteiger partial charge < -0.3 is 10.1 Å². The van der Waals surface area contributed by atoms with Crippen LogP contribution in [-0.2, 0) is 9.53 Å². The van der Waals surface area contributed by atoms with Crippen LogP contribution in [0.3, 0.4) is 0 Å². The van der Waals surface area contributed by atoms with Crippen molar-refractivity contribution in [2.75, 3.05) is 6.54 Å². The minimum absolute atomic E-state index is 0.112. The number of amides is 1. The first-order valence-corrected chi connectivity index (χ1v) is 6.26. The first kappa shape index (κ1) is 11.9. The predicted molar refractivity (Wildman–Crippen MR) is 63.1 cm³/mol. The number of ether oxygens (including phenoxy) is 1. The third-order valence-electron chi connectivity index (χ3n) is 3.69. The molecule has 92 valence electrons. The van der Waals surface area contributed by atoms with Crippen LogP contribution < -0.4 is 5.32 Å². The predicted octanol–water partition coefficient (Wildman–Crippen LogP) is 2.11. The lowest BCUT2D eigenvalue weighted by Crippen LogP contribution is -2.39. The maximum absolute atomic E-state index is 11.9. The van der Waals surface area contributed by atoms with Gasteiger partial charge in [0.25, 0.3) is 0 Å². The van der Waals surface area contributed by atoms with Crippen molar-refractivity contribution >= 4 is 5.91 Å². The molecule has 3 atom stereocenters. The van der Waals surface area contributed by atoms with E-state index in [1.54, 1.807) is 0 Å². The summed E-state index contributed by atoms with van der Waals surface area (Å²) in [5.74, 6) is 0.385. The van der Waals surface area contributed by atoms with Gasteiger partial charge in [0.2, 0.25) is 5.91 Å². The monoisotopic (exact) mass is 225 g/mol. The van der Waals surface area contributed by atoms with Crippen molar-refractivity contribution in [3.63, 3.8) is 0 Å². The molecule has 2 rings (SSSR count). The van der Waals surface area contributed by atoms with Crippen molar-refractivity contribution in [2.24, 2.45) is 11.3 Å². The highest BCUT2D eigenvalue weighted by atomic mass is 16.6. The van der Waals surface area contributed by atoms with E-state index in [2.05, 4.69) is 33.0 Å². The van der Waals surface area contributed by atoms with Crippen molar-refractivity contribution in [3.05, 3.63) is 0 Å². The molecule has 3 unspecified atom stereocenters. The van der Waals surface area contributed by atoms with E-state index in [1.165, 1.54) is 0 Å². The molecule has 2 aliphatic rings. The first-order chi connectivity index (χ1) is 7.30. The SMILES string of the molecule is CC(C)(C)CNC(=O)C1CCC2(C)OC2C1. The van der Waals surface area contributed by atoms with E-state index >= 15 is 0 Å². The quantitative estimate of drug-likeness (QED) is 0.731. The number of carbonyl (C=O) groups excluding carboxylic acids is 1. The summed E-state index contributed by atoms with van der Waals surface area (Å²) in [7, 11) is 0. The molecule has 0 aromatic carbocycles. The maximum Gasteiger partial charge on any atom is 0.223 e. The van der Waals surface area contributed by atoms with Crippen LogP contribution in [0, 0.1) is 11.3 Å². The Morgan fingerprint density at radius 2 is 2.19 bits per heavy atom. The van der Waals surface area contributed by atoms with Gasteiger partial charge in [0, 0.05) is 12.5 Å². The van der Waals surface area contributed by atoms with E-state index in [-0.39, 0.29) is 22.8 Å². The van der Waals surface area contributed by atoms with E-state index in [0.717, 1.165) is 25.8 Å². The van der Waals surface area contributed by atoms with Gasteiger partial charge in [-0.3, -0.25) is 4.79 Å². The van der Waals surface area contributed by atoms with Crippen LogP contribution in [0.1, 0.15) is 47.0 Å². The van der Waals surface area contributed by atoms with Crippen molar-refractivity contribution in [2.45, 2.75) is 58.7 Å². The molecule has 3 nitrogen and oxygen atoms in total. The van der Waals surface area contributed by atoms with Crippen LogP contribution in [0.25, 0.3) is 0 Å². The Hall–Kier alpha value is -0.570. The number of carbonyl (C=O) groups is 1. The second-order valence-corrected chi connectivity index (χ2v) is 6.67. The molecule has 3 heteroatoms. The molecule has 1 heterocycles. The van der Waals surface area contributed by atoms with Gasteiger partial charge in [-0.15, -0.1) is 0 Å². The Labute approximate surface area is 97.9 Å². The smallest absolute Gasteiger partial charge is 0.223 e. The van der Waals surface area contributed by atoms with Crippen molar-refractivity contribution in [3.8, 4) is 0 Å². The fraction of sp³-hybridized carbons (Fsp3) is 0.923.